The molecule has 0 saturated heterocycles. The first-order chi connectivity index (χ1) is 8.07. The lowest BCUT2D eigenvalue weighted by atomic mass is 10.2. The van der Waals surface area contributed by atoms with Crippen LogP contribution in [0.3, 0.4) is 0 Å². The molecule has 0 bridgehead atoms. The molecule has 108 valence electrons. The van der Waals surface area contributed by atoms with Gasteiger partial charge in [0, 0.05) is 6.26 Å². The zero-order valence-electron chi connectivity index (χ0n) is 10.1. The molecule has 7 nitrogen and oxygen atoms in total. The van der Waals surface area contributed by atoms with Crippen LogP contribution in [-0.4, -0.2) is 63.7 Å². The summed E-state index contributed by atoms with van der Waals surface area (Å²) in [6, 6.07) is -1.22. The van der Waals surface area contributed by atoms with Crippen molar-refractivity contribution in [3.05, 3.63) is 0 Å². The van der Waals surface area contributed by atoms with Crippen LogP contribution in [-0.2, 0) is 24.7 Å². The Hall–Kier alpha value is -0.320. The summed E-state index contributed by atoms with van der Waals surface area (Å²) in [5, 5.41) is 8.84. The second kappa shape index (κ2) is 7.31. The highest BCUT2D eigenvalue weighted by Gasteiger charge is 2.24. The van der Waals surface area contributed by atoms with E-state index >= 15 is 0 Å². The lowest BCUT2D eigenvalue weighted by molar-refractivity contribution is -0.139. The van der Waals surface area contributed by atoms with Crippen molar-refractivity contribution in [2.45, 2.75) is 12.5 Å². The highest BCUT2D eigenvalue weighted by atomic mass is 32.2. The van der Waals surface area contributed by atoms with Gasteiger partial charge in [-0.2, -0.15) is 11.8 Å². The quantitative estimate of drug-likeness (QED) is 0.568. The molecule has 0 aliphatic heterocycles. The Kier molecular flexibility index (Phi) is 7.18. The Labute approximate surface area is 111 Å². The molecular weight excluding hydrogens is 302 g/mol. The van der Waals surface area contributed by atoms with Gasteiger partial charge in [-0.1, -0.05) is 0 Å². The normalized spacial score (nSPS) is 14.3. The average Bonchev–Trinajstić information content (AvgIpc) is 2.20. The van der Waals surface area contributed by atoms with Crippen molar-refractivity contribution in [1.29, 1.82) is 0 Å². The van der Waals surface area contributed by atoms with Crippen LogP contribution in [0.4, 0.5) is 0 Å². The second-order valence-corrected chi connectivity index (χ2v) is 8.86. The van der Waals surface area contributed by atoms with E-state index in [0.717, 1.165) is 6.26 Å². The van der Waals surface area contributed by atoms with Crippen molar-refractivity contribution in [2.24, 2.45) is 0 Å². The number of carbonyl (C=O) groups is 1. The summed E-state index contributed by atoms with van der Waals surface area (Å²) < 4.78 is 46.7. The number of hydrogen-bond acceptors (Lipinski definition) is 6. The molecule has 0 aliphatic carbocycles. The Morgan fingerprint density at radius 2 is 1.83 bits per heavy atom. The number of sulfonamides is 1. The molecule has 18 heavy (non-hydrogen) atoms. The fourth-order valence-corrected chi connectivity index (χ4v) is 4.34. The highest BCUT2D eigenvalue weighted by molar-refractivity contribution is 7.98. The molecule has 2 N–H and O–H groups in total. The van der Waals surface area contributed by atoms with E-state index in [4.69, 9.17) is 5.11 Å². The van der Waals surface area contributed by atoms with E-state index in [2.05, 4.69) is 0 Å². The predicted octanol–water partition coefficient (Wildman–Crippen LogP) is -0.843. The summed E-state index contributed by atoms with van der Waals surface area (Å²) in [7, 11) is -7.31. The molecule has 0 fully saturated rings. The van der Waals surface area contributed by atoms with Gasteiger partial charge >= 0.3 is 5.97 Å². The minimum Gasteiger partial charge on any atom is -0.480 e. The third-order valence-electron chi connectivity index (χ3n) is 1.95. The molecule has 0 aromatic rings. The third kappa shape index (κ3) is 8.72. The summed E-state index contributed by atoms with van der Waals surface area (Å²) in [6.45, 7) is 0. The van der Waals surface area contributed by atoms with Gasteiger partial charge in [0.25, 0.3) is 0 Å². The first-order valence-corrected chi connectivity index (χ1v) is 10.1. The van der Waals surface area contributed by atoms with Gasteiger partial charge in [-0.05, 0) is 18.4 Å². The van der Waals surface area contributed by atoms with E-state index in [0.29, 0.717) is 5.75 Å². The number of carboxylic acids is 1. The lowest BCUT2D eigenvalue weighted by Crippen LogP contribution is -2.43. The molecule has 0 saturated carbocycles. The third-order valence-corrected chi connectivity index (χ3v) is 5.19. The van der Waals surface area contributed by atoms with Crippen molar-refractivity contribution in [2.75, 3.05) is 29.8 Å². The van der Waals surface area contributed by atoms with Gasteiger partial charge in [0.2, 0.25) is 10.0 Å². The number of rotatable bonds is 9. The Morgan fingerprint density at radius 3 is 2.22 bits per heavy atom. The van der Waals surface area contributed by atoms with Crippen LogP contribution in [0.25, 0.3) is 0 Å². The molecular formula is C8H17NO6S3. The molecule has 1 unspecified atom stereocenters. The summed E-state index contributed by atoms with van der Waals surface area (Å²) in [5.41, 5.74) is 0. The highest BCUT2D eigenvalue weighted by Crippen LogP contribution is 2.03. The van der Waals surface area contributed by atoms with Gasteiger partial charge in [-0.15, -0.1) is 0 Å². The number of aliphatic carboxylic acids is 1. The zero-order chi connectivity index (χ0) is 14.4. The number of sulfone groups is 1. The van der Waals surface area contributed by atoms with E-state index in [-0.39, 0.29) is 6.42 Å². The standard InChI is InChI=1S/C8H17NO6S3/c1-16-4-3-7(8(10)11)9-18(14,15)6-5-17(2,12)13/h7,9H,3-6H2,1-2H3,(H,10,11). The fourth-order valence-electron chi connectivity index (χ4n) is 1.01. The minimum atomic E-state index is -3.91. The maximum Gasteiger partial charge on any atom is 0.321 e. The molecule has 1 atom stereocenters. The Morgan fingerprint density at radius 1 is 1.28 bits per heavy atom. The summed E-state index contributed by atoms with van der Waals surface area (Å²) in [6.07, 6.45) is 2.84. The van der Waals surface area contributed by atoms with Crippen LogP contribution in [0.15, 0.2) is 0 Å². The van der Waals surface area contributed by atoms with Crippen molar-refractivity contribution in [3.63, 3.8) is 0 Å². The molecule has 10 heteroatoms. The SMILES string of the molecule is CSCCC(NS(=O)(=O)CCS(C)(=O)=O)C(=O)O. The van der Waals surface area contributed by atoms with E-state index < -0.39 is 43.4 Å². The van der Waals surface area contributed by atoms with Gasteiger partial charge in [0.15, 0.2) is 0 Å². The number of carboxylic acid groups (broad SMARTS) is 1. The van der Waals surface area contributed by atoms with Crippen molar-refractivity contribution in [3.8, 4) is 0 Å². The number of hydrogen-bond donors (Lipinski definition) is 2. The summed E-state index contributed by atoms with van der Waals surface area (Å²) in [5.74, 6) is -1.94. The van der Waals surface area contributed by atoms with Gasteiger partial charge in [-0.25, -0.2) is 21.6 Å². The molecule has 0 aromatic heterocycles. The van der Waals surface area contributed by atoms with Crippen LogP contribution < -0.4 is 4.72 Å². The monoisotopic (exact) mass is 319 g/mol. The maximum atomic E-state index is 11.5. The summed E-state index contributed by atoms with van der Waals surface area (Å²) in [4.78, 5) is 10.8. The van der Waals surface area contributed by atoms with Crippen molar-refractivity contribution < 1.29 is 26.7 Å². The Bertz CT molecular complexity index is 469. The predicted molar refractivity (Wildman–Crippen MR) is 71.1 cm³/mol. The van der Waals surface area contributed by atoms with Crippen LogP contribution >= 0.6 is 11.8 Å². The van der Waals surface area contributed by atoms with Gasteiger partial charge in [-0.3, -0.25) is 4.79 Å². The van der Waals surface area contributed by atoms with Crippen molar-refractivity contribution >= 4 is 37.6 Å². The molecule has 0 aliphatic rings. The van der Waals surface area contributed by atoms with Crippen LogP contribution in [0, 0.1) is 0 Å². The molecule has 0 amide bonds. The van der Waals surface area contributed by atoms with Gasteiger partial charge < -0.3 is 5.11 Å². The van der Waals surface area contributed by atoms with Crippen LogP contribution in [0.1, 0.15) is 6.42 Å². The van der Waals surface area contributed by atoms with Crippen molar-refractivity contribution in [1.82, 2.24) is 4.72 Å². The van der Waals surface area contributed by atoms with Gasteiger partial charge in [0.1, 0.15) is 15.9 Å². The van der Waals surface area contributed by atoms with E-state index in [1.54, 1.807) is 6.26 Å². The molecule has 0 rings (SSSR count). The summed E-state index contributed by atoms with van der Waals surface area (Å²) >= 11 is 1.40. The average molecular weight is 319 g/mol. The van der Waals surface area contributed by atoms with Crippen LogP contribution in [0.2, 0.25) is 0 Å². The van der Waals surface area contributed by atoms with E-state index in [1.807, 2.05) is 4.72 Å². The fraction of sp³-hybridized carbons (Fsp3) is 0.875. The lowest BCUT2D eigenvalue weighted by Gasteiger charge is -2.13. The molecule has 0 spiro atoms. The molecule has 0 radical (unpaired) electrons. The zero-order valence-corrected chi connectivity index (χ0v) is 12.6. The first kappa shape index (κ1) is 17.7. The topological polar surface area (TPSA) is 118 Å². The van der Waals surface area contributed by atoms with E-state index in [1.165, 1.54) is 11.8 Å². The largest absolute Gasteiger partial charge is 0.480 e. The smallest absolute Gasteiger partial charge is 0.321 e. The second-order valence-electron chi connectivity index (χ2n) is 3.74. The minimum absolute atomic E-state index is 0.147. The Balaban J connectivity index is 4.56. The maximum absolute atomic E-state index is 11.5. The molecule has 0 aromatic carbocycles. The van der Waals surface area contributed by atoms with Crippen LogP contribution in [0.5, 0.6) is 0 Å². The molecule has 0 heterocycles. The number of nitrogens with one attached hydrogen (secondary N) is 1. The van der Waals surface area contributed by atoms with E-state index in [9.17, 15) is 21.6 Å². The van der Waals surface area contributed by atoms with Gasteiger partial charge in [0.05, 0.1) is 11.5 Å². The number of thioether (sulfide) groups is 1. The first-order valence-electron chi connectivity index (χ1n) is 4.97.